The average Bonchev–Trinajstić information content (AvgIpc) is 3.16. The molecule has 0 N–H and O–H groups in total. The summed E-state index contributed by atoms with van der Waals surface area (Å²) in [5.41, 5.74) is 1.36. The number of amides is 1. The van der Waals surface area contributed by atoms with Gasteiger partial charge in [0.1, 0.15) is 11.6 Å². The predicted octanol–water partition coefficient (Wildman–Crippen LogP) is 2.56. The van der Waals surface area contributed by atoms with Gasteiger partial charge in [0.05, 0.1) is 6.54 Å². The first-order valence-electron chi connectivity index (χ1n) is 7.36. The fourth-order valence-electron chi connectivity index (χ4n) is 2.35. The van der Waals surface area contributed by atoms with Gasteiger partial charge in [0.25, 0.3) is 5.91 Å². The van der Waals surface area contributed by atoms with Crippen molar-refractivity contribution in [2.45, 2.75) is 20.0 Å². The highest BCUT2D eigenvalue weighted by Gasteiger charge is 2.21. The minimum absolute atomic E-state index is 0.172. The molecule has 0 saturated carbocycles. The van der Waals surface area contributed by atoms with Crippen LogP contribution in [-0.4, -0.2) is 25.5 Å². The fourth-order valence-corrected chi connectivity index (χ4v) is 2.35. The zero-order chi connectivity index (χ0) is 16.2. The van der Waals surface area contributed by atoms with Gasteiger partial charge < -0.3 is 14.0 Å². The SMILES string of the molecule is Cc1cc(C(=O)N(Cc2ccccc2)Cc2nccn2C)no1. The molecular weight excluding hydrogens is 292 g/mol. The number of benzene rings is 1. The lowest BCUT2D eigenvalue weighted by atomic mass is 10.2. The molecule has 0 bridgehead atoms. The lowest BCUT2D eigenvalue weighted by Gasteiger charge is -2.21. The first kappa shape index (κ1) is 15.0. The molecule has 6 nitrogen and oxygen atoms in total. The van der Waals surface area contributed by atoms with Crippen LogP contribution in [0.15, 0.2) is 53.3 Å². The van der Waals surface area contributed by atoms with Gasteiger partial charge in [-0.25, -0.2) is 4.98 Å². The van der Waals surface area contributed by atoms with Gasteiger partial charge in [-0.15, -0.1) is 0 Å². The van der Waals surface area contributed by atoms with Gasteiger partial charge in [0, 0.05) is 32.1 Å². The summed E-state index contributed by atoms with van der Waals surface area (Å²) in [5, 5.41) is 3.84. The molecule has 6 heteroatoms. The molecule has 0 aliphatic carbocycles. The summed E-state index contributed by atoms with van der Waals surface area (Å²) in [4.78, 5) is 18.8. The molecule has 0 saturated heterocycles. The van der Waals surface area contributed by atoms with E-state index in [9.17, 15) is 4.79 Å². The van der Waals surface area contributed by atoms with E-state index in [2.05, 4.69) is 10.1 Å². The lowest BCUT2D eigenvalue weighted by Crippen LogP contribution is -2.31. The van der Waals surface area contributed by atoms with Crippen molar-refractivity contribution in [3.63, 3.8) is 0 Å². The number of hydrogen-bond donors (Lipinski definition) is 0. The Kier molecular flexibility index (Phi) is 4.23. The fraction of sp³-hybridized carbons (Fsp3) is 0.235. The van der Waals surface area contributed by atoms with Crippen molar-refractivity contribution in [3.8, 4) is 0 Å². The minimum Gasteiger partial charge on any atom is -0.361 e. The van der Waals surface area contributed by atoms with E-state index in [1.54, 1.807) is 24.1 Å². The molecule has 0 radical (unpaired) electrons. The number of aromatic nitrogens is 3. The number of nitrogens with zero attached hydrogens (tertiary/aromatic N) is 4. The summed E-state index contributed by atoms with van der Waals surface area (Å²) in [6, 6.07) is 11.5. The molecule has 0 fully saturated rings. The second kappa shape index (κ2) is 6.48. The Morgan fingerprint density at radius 1 is 1.26 bits per heavy atom. The zero-order valence-electron chi connectivity index (χ0n) is 13.1. The molecule has 23 heavy (non-hydrogen) atoms. The Balaban J connectivity index is 1.86. The maximum absolute atomic E-state index is 12.8. The summed E-state index contributed by atoms with van der Waals surface area (Å²) in [6.45, 7) is 2.66. The predicted molar refractivity (Wildman–Crippen MR) is 84.5 cm³/mol. The smallest absolute Gasteiger partial charge is 0.276 e. The Morgan fingerprint density at radius 2 is 2.04 bits per heavy atom. The van der Waals surface area contributed by atoms with E-state index in [0.29, 0.717) is 24.5 Å². The van der Waals surface area contributed by atoms with Crippen LogP contribution in [0.25, 0.3) is 0 Å². The molecule has 2 heterocycles. The molecule has 3 rings (SSSR count). The Bertz CT molecular complexity index is 792. The summed E-state index contributed by atoms with van der Waals surface area (Å²) < 4.78 is 6.93. The van der Waals surface area contributed by atoms with Gasteiger partial charge in [-0.1, -0.05) is 35.5 Å². The van der Waals surface area contributed by atoms with E-state index < -0.39 is 0 Å². The van der Waals surface area contributed by atoms with Gasteiger partial charge in [0.2, 0.25) is 0 Å². The number of imidazole rings is 1. The van der Waals surface area contributed by atoms with Crippen LogP contribution < -0.4 is 0 Å². The Morgan fingerprint density at radius 3 is 2.65 bits per heavy atom. The number of carbonyl (C=O) groups excluding carboxylic acids is 1. The summed E-state index contributed by atoms with van der Waals surface area (Å²) in [6.07, 6.45) is 3.58. The van der Waals surface area contributed by atoms with Crippen molar-refractivity contribution in [1.82, 2.24) is 19.6 Å². The number of carbonyl (C=O) groups is 1. The number of hydrogen-bond acceptors (Lipinski definition) is 4. The number of rotatable bonds is 5. The van der Waals surface area contributed by atoms with Crippen LogP contribution in [0.1, 0.15) is 27.6 Å². The maximum Gasteiger partial charge on any atom is 0.276 e. The number of aryl methyl sites for hydroxylation is 2. The van der Waals surface area contributed by atoms with Crippen molar-refractivity contribution < 1.29 is 9.32 Å². The summed E-state index contributed by atoms with van der Waals surface area (Å²) in [7, 11) is 1.91. The molecule has 1 aromatic carbocycles. The van der Waals surface area contributed by atoms with E-state index >= 15 is 0 Å². The van der Waals surface area contributed by atoms with Crippen molar-refractivity contribution in [2.75, 3.05) is 0 Å². The molecule has 0 aliphatic heterocycles. The molecule has 118 valence electrons. The van der Waals surface area contributed by atoms with E-state index in [0.717, 1.165) is 11.4 Å². The Labute approximate surface area is 134 Å². The molecule has 0 aliphatic rings. The van der Waals surface area contributed by atoms with Gasteiger partial charge >= 0.3 is 0 Å². The van der Waals surface area contributed by atoms with Crippen molar-refractivity contribution in [3.05, 3.63) is 71.6 Å². The lowest BCUT2D eigenvalue weighted by molar-refractivity contribution is 0.0713. The second-order valence-electron chi connectivity index (χ2n) is 5.42. The molecular formula is C17H18N4O2. The second-order valence-corrected chi connectivity index (χ2v) is 5.42. The third kappa shape index (κ3) is 3.48. The molecule has 0 spiro atoms. The highest BCUT2D eigenvalue weighted by Crippen LogP contribution is 2.13. The van der Waals surface area contributed by atoms with Gasteiger partial charge in [0.15, 0.2) is 5.69 Å². The van der Waals surface area contributed by atoms with E-state index in [4.69, 9.17) is 4.52 Å². The van der Waals surface area contributed by atoms with Crippen LogP contribution in [0.2, 0.25) is 0 Å². The van der Waals surface area contributed by atoms with Crippen LogP contribution in [-0.2, 0) is 20.1 Å². The topological polar surface area (TPSA) is 64.2 Å². The normalized spacial score (nSPS) is 10.7. The molecule has 2 aromatic heterocycles. The van der Waals surface area contributed by atoms with Crippen LogP contribution in [0.4, 0.5) is 0 Å². The van der Waals surface area contributed by atoms with Gasteiger partial charge in [-0.05, 0) is 12.5 Å². The van der Waals surface area contributed by atoms with Crippen molar-refractivity contribution in [2.24, 2.45) is 7.05 Å². The first-order chi connectivity index (χ1) is 11.1. The monoisotopic (exact) mass is 310 g/mol. The van der Waals surface area contributed by atoms with Crippen molar-refractivity contribution >= 4 is 5.91 Å². The summed E-state index contributed by atoms with van der Waals surface area (Å²) in [5.74, 6) is 1.26. The standard InChI is InChI=1S/C17H18N4O2/c1-13-10-15(19-23-13)17(22)21(11-14-6-4-3-5-7-14)12-16-18-8-9-20(16)2/h3-10H,11-12H2,1-2H3. The summed E-state index contributed by atoms with van der Waals surface area (Å²) >= 11 is 0. The van der Waals surface area contributed by atoms with Gasteiger partial charge in [-0.2, -0.15) is 0 Å². The quantitative estimate of drug-likeness (QED) is 0.726. The highest BCUT2D eigenvalue weighted by atomic mass is 16.5. The van der Waals surface area contributed by atoms with Crippen LogP contribution in [0.3, 0.4) is 0 Å². The van der Waals surface area contributed by atoms with E-state index in [-0.39, 0.29) is 5.91 Å². The Hall–Kier alpha value is -2.89. The average molecular weight is 310 g/mol. The first-order valence-corrected chi connectivity index (χ1v) is 7.36. The van der Waals surface area contributed by atoms with E-state index in [1.807, 2.05) is 48.1 Å². The van der Waals surface area contributed by atoms with Crippen LogP contribution in [0.5, 0.6) is 0 Å². The third-order valence-corrected chi connectivity index (χ3v) is 3.60. The molecule has 0 atom stereocenters. The van der Waals surface area contributed by atoms with E-state index in [1.165, 1.54) is 0 Å². The van der Waals surface area contributed by atoms with Crippen LogP contribution in [0, 0.1) is 6.92 Å². The highest BCUT2D eigenvalue weighted by molar-refractivity contribution is 5.92. The molecule has 3 aromatic rings. The molecule has 1 amide bonds. The third-order valence-electron chi connectivity index (χ3n) is 3.60. The van der Waals surface area contributed by atoms with Gasteiger partial charge in [-0.3, -0.25) is 4.79 Å². The maximum atomic E-state index is 12.8. The zero-order valence-corrected chi connectivity index (χ0v) is 13.1. The van der Waals surface area contributed by atoms with Crippen LogP contribution >= 0.6 is 0 Å². The molecule has 0 unspecified atom stereocenters. The van der Waals surface area contributed by atoms with Crippen molar-refractivity contribution in [1.29, 1.82) is 0 Å². The largest absolute Gasteiger partial charge is 0.361 e. The minimum atomic E-state index is -0.172.